The second-order valence-electron chi connectivity index (χ2n) is 10.7. The van der Waals surface area contributed by atoms with Crippen LogP contribution < -0.4 is 0 Å². The fourth-order valence-corrected chi connectivity index (χ4v) is 8.68. The summed E-state index contributed by atoms with van der Waals surface area (Å²) in [7, 11) is 0. The largest absolute Gasteiger partial charge is 0.0654 e. The van der Waals surface area contributed by atoms with E-state index in [2.05, 4.69) is 34.1 Å². The number of hydrogen-bond donors (Lipinski definition) is 0. The average Bonchev–Trinajstić information content (AvgIpc) is 2.92. The maximum absolute atomic E-state index is 2.72. The first-order valence-electron chi connectivity index (χ1n) is 11.3. The first-order chi connectivity index (χ1) is 11.5. The van der Waals surface area contributed by atoms with Crippen molar-refractivity contribution >= 4 is 0 Å². The highest BCUT2D eigenvalue weighted by molar-refractivity contribution is 5.10. The minimum absolute atomic E-state index is 0.680. The van der Waals surface area contributed by atoms with Gasteiger partial charge in [0.1, 0.15) is 0 Å². The molecule has 24 heavy (non-hydrogen) atoms. The molecule has 0 bridgehead atoms. The molecule has 4 aliphatic carbocycles. The van der Waals surface area contributed by atoms with Crippen molar-refractivity contribution in [2.45, 2.75) is 98.3 Å². The van der Waals surface area contributed by atoms with E-state index in [1.54, 1.807) is 32.1 Å². The van der Waals surface area contributed by atoms with Gasteiger partial charge in [0, 0.05) is 0 Å². The van der Waals surface area contributed by atoms with E-state index in [-0.39, 0.29) is 0 Å². The van der Waals surface area contributed by atoms with Crippen LogP contribution in [0.15, 0.2) is 0 Å². The van der Waals surface area contributed by atoms with Crippen LogP contribution in [0.4, 0.5) is 0 Å². The van der Waals surface area contributed by atoms with Crippen LogP contribution in [-0.2, 0) is 0 Å². The molecular weight excluding hydrogens is 288 g/mol. The average molecular weight is 330 g/mol. The summed E-state index contributed by atoms with van der Waals surface area (Å²) >= 11 is 0. The highest BCUT2D eigenvalue weighted by atomic mass is 14.6. The molecule has 0 nitrogen and oxygen atoms in total. The molecule has 0 spiro atoms. The second kappa shape index (κ2) is 6.31. The van der Waals surface area contributed by atoms with Crippen LogP contribution in [0.3, 0.4) is 0 Å². The zero-order valence-corrected chi connectivity index (χ0v) is 16.8. The Morgan fingerprint density at radius 1 is 0.958 bits per heavy atom. The summed E-state index contributed by atoms with van der Waals surface area (Å²) in [5.41, 5.74) is 1.37. The third kappa shape index (κ3) is 2.44. The first-order valence-corrected chi connectivity index (χ1v) is 11.3. The summed E-state index contributed by atoms with van der Waals surface area (Å²) in [6, 6.07) is 0. The van der Waals surface area contributed by atoms with Crippen LogP contribution in [0.1, 0.15) is 98.3 Å². The van der Waals surface area contributed by atoms with Crippen LogP contribution in [0, 0.1) is 52.8 Å². The predicted molar refractivity (Wildman–Crippen MR) is 104 cm³/mol. The minimum atomic E-state index is 0.680. The summed E-state index contributed by atoms with van der Waals surface area (Å²) in [5, 5.41) is 0. The van der Waals surface area contributed by atoms with Gasteiger partial charge in [-0.05, 0) is 111 Å². The number of hydrogen-bond acceptors (Lipinski definition) is 0. The molecule has 0 N–H and O–H groups in total. The fraction of sp³-hybridized carbons (Fsp3) is 0.958. The molecule has 0 aromatic rings. The molecule has 1 unspecified atom stereocenters. The Labute approximate surface area is 151 Å². The smallest absolute Gasteiger partial charge is 0.0264 e. The topological polar surface area (TPSA) is 0 Å². The Balaban J connectivity index is 1.57. The summed E-state index contributed by atoms with van der Waals surface area (Å²) in [6.07, 6.45) is 19.1. The van der Waals surface area contributed by atoms with Crippen molar-refractivity contribution in [2.24, 2.45) is 46.3 Å². The van der Waals surface area contributed by atoms with E-state index in [0.29, 0.717) is 10.8 Å². The summed E-state index contributed by atoms with van der Waals surface area (Å²) in [4.78, 5) is 0. The molecule has 4 fully saturated rings. The van der Waals surface area contributed by atoms with Crippen LogP contribution >= 0.6 is 0 Å². The van der Waals surface area contributed by atoms with Crippen LogP contribution in [-0.4, -0.2) is 0 Å². The van der Waals surface area contributed by atoms with Crippen LogP contribution in [0.25, 0.3) is 0 Å². The molecule has 0 aromatic carbocycles. The van der Waals surface area contributed by atoms with Gasteiger partial charge >= 0.3 is 0 Å². The highest BCUT2D eigenvalue weighted by Crippen LogP contribution is 2.68. The molecule has 4 saturated carbocycles. The molecule has 4 aliphatic rings. The first kappa shape index (κ1) is 17.4. The molecule has 4 rings (SSSR count). The van der Waals surface area contributed by atoms with Crippen molar-refractivity contribution in [1.29, 1.82) is 0 Å². The van der Waals surface area contributed by atoms with Crippen molar-refractivity contribution in [2.75, 3.05) is 0 Å². The summed E-state index contributed by atoms with van der Waals surface area (Å²) in [5.74, 6) is 6.19. The summed E-state index contributed by atoms with van der Waals surface area (Å²) < 4.78 is 0. The molecule has 0 saturated heterocycles. The van der Waals surface area contributed by atoms with Gasteiger partial charge in [-0.15, -0.1) is 0 Å². The van der Waals surface area contributed by atoms with E-state index in [4.69, 9.17) is 0 Å². The van der Waals surface area contributed by atoms with E-state index < -0.39 is 0 Å². The zero-order chi connectivity index (χ0) is 16.9. The van der Waals surface area contributed by atoms with Gasteiger partial charge in [0.25, 0.3) is 0 Å². The Morgan fingerprint density at radius 2 is 1.75 bits per heavy atom. The molecular formula is C24H41. The van der Waals surface area contributed by atoms with E-state index in [0.717, 1.165) is 35.5 Å². The van der Waals surface area contributed by atoms with Gasteiger partial charge in [-0.1, -0.05) is 40.5 Å². The van der Waals surface area contributed by atoms with Gasteiger partial charge in [-0.25, -0.2) is 0 Å². The quantitative estimate of drug-likeness (QED) is 0.510. The third-order valence-corrected chi connectivity index (χ3v) is 9.91. The van der Waals surface area contributed by atoms with Crippen molar-refractivity contribution in [3.63, 3.8) is 0 Å². The molecule has 8 atom stereocenters. The molecule has 0 aromatic heterocycles. The van der Waals surface area contributed by atoms with E-state index >= 15 is 0 Å². The molecule has 137 valence electrons. The van der Waals surface area contributed by atoms with Gasteiger partial charge in [0.15, 0.2) is 0 Å². The lowest BCUT2D eigenvalue weighted by molar-refractivity contribution is -0.109. The number of fused-ring (bicyclic) bond motifs is 5. The van der Waals surface area contributed by atoms with Crippen molar-refractivity contribution in [3.05, 3.63) is 6.42 Å². The highest BCUT2D eigenvalue weighted by Gasteiger charge is 2.59. The van der Waals surface area contributed by atoms with Gasteiger partial charge < -0.3 is 0 Å². The molecule has 0 aliphatic heterocycles. The van der Waals surface area contributed by atoms with Crippen molar-refractivity contribution in [1.82, 2.24) is 0 Å². The zero-order valence-electron chi connectivity index (χ0n) is 16.8. The number of rotatable bonds is 3. The van der Waals surface area contributed by atoms with Crippen molar-refractivity contribution in [3.8, 4) is 0 Å². The SMILES string of the molecule is CCC[C@@H](C)[C@H]1CC[C@H]2[C@@H]3CCC4C[CH]CC[C@]4(C)[C@H]3CC[C@]12C. The third-order valence-electron chi connectivity index (χ3n) is 9.91. The Kier molecular flexibility index (Phi) is 4.58. The van der Waals surface area contributed by atoms with Crippen LogP contribution in [0.5, 0.6) is 0 Å². The lowest BCUT2D eigenvalue weighted by atomic mass is 9.44. The maximum Gasteiger partial charge on any atom is -0.0264 e. The molecule has 0 heteroatoms. The molecule has 0 amide bonds. The monoisotopic (exact) mass is 329 g/mol. The van der Waals surface area contributed by atoms with Gasteiger partial charge in [0.05, 0.1) is 0 Å². The lowest BCUT2D eigenvalue weighted by Gasteiger charge is -2.60. The van der Waals surface area contributed by atoms with Gasteiger partial charge in [0.2, 0.25) is 0 Å². The van der Waals surface area contributed by atoms with Gasteiger partial charge in [-0.3, -0.25) is 0 Å². The Morgan fingerprint density at radius 3 is 2.54 bits per heavy atom. The molecule has 1 radical (unpaired) electrons. The molecule has 0 heterocycles. The second-order valence-corrected chi connectivity index (χ2v) is 10.7. The van der Waals surface area contributed by atoms with Gasteiger partial charge in [-0.2, -0.15) is 0 Å². The maximum atomic E-state index is 2.72. The van der Waals surface area contributed by atoms with Crippen molar-refractivity contribution < 1.29 is 0 Å². The summed E-state index contributed by atoms with van der Waals surface area (Å²) in [6.45, 7) is 10.4. The predicted octanol–water partition coefficient (Wildman–Crippen LogP) is 7.29. The minimum Gasteiger partial charge on any atom is -0.0654 e. The Bertz CT molecular complexity index is 453. The standard InChI is InChI=1S/C24H41/c1-5-8-17(2)20-12-13-21-19-11-10-18-9-6-7-15-23(18,3)22(19)14-16-24(20,21)4/h6,17-22H,5,7-16H2,1-4H3/t17-,18?,19+,20-,21+,22+,23+,24-/m1/s1. The lowest BCUT2D eigenvalue weighted by Crippen LogP contribution is -2.53. The normalized spacial score (nSPS) is 52.2. The van der Waals surface area contributed by atoms with Crippen LogP contribution in [0.2, 0.25) is 0 Å². The fourth-order valence-electron chi connectivity index (χ4n) is 8.68. The van der Waals surface area contributed by atoms with E-state index in [1.165, 1.54) is 38.5 Å². The van der Waals surface area contributed by atoms with E-state index in [1.807, 2.05) is 0 Å². The van der Waals surface area contributed by atoms with E-state index in [9.17, 15) is 0 Å². The Hall–Kier alpha value is 0.